The average molecular weight is 263 g/mol. The molecule has 0 spiro atoms. The van der Waals surface area contributed by atoms with Crippen LogP contribution in [0.5, 0.6) is 0 Å². The molecule has 0 atom stereocenters. The number of hydrogen-bond acceptors (Lipinski definition) is 5. The lowest BCUT2D eigenvalue weighted by atomic mass is 10.4. The molecule has 1 aromatic heterocycles. The molecule has 0 saturated heterocycles. The van der Waals surface area contributed by atoms with Crippen LogP contribution in [0.4, 0.5) is 11.6 Å². The fourth-order valence-electron chi connectivity index (χ4n) is 1.68. The zero-order chi connectivity index (χ0) is 13.7. The van der Waals surface area contributed by atoms with Crippen LogP contribution in [-0.2, 0) is 4.79 Å². The second-order valence-electron chi connectivity index (χ2n) is 4.81. The Morgan fingerprint density at radius 3 is 2.63 bits per heavy atom. The van der Waals surface area contributed by atoms with Gasteiger partial charge in [-0.05, 0) is 26.2 Å². The standard InChI is InChI=1S/C13H21N5O/c1-3-6-14-11-7-12(17-9(2)16-11)15-8-13(19)18-10-4-5-10/h7,10H,3-6,8H2,1-2H3,(H,18,19)(H2,14,15,16,17). The average Bonchev–Trinajstić information content (AvgIpc) is 3.17. The molecule has 19 heavy (non-hydrogen) atoms. The van der Waals surface area contributed by atoms with Gasteiger partial charge in [-0.15, -0.1) is 0 Å². The maximum absolute atomic E-state index is 11.6. The quantitative estimate of drug-likeness (QED) is 0.691. The van der Waals surface area contributed by atoms with Gasteiger partial charge in [0.05, 0.1) is 6.54 Å². The molecule has 1 aromatic rings. The van der Waals surface area contributed by atoms with Gasteiger partial charge < -0.3 is 16.0 Å². The molecule has 0 bridgehead atoms. The van der Waals surface area contributed by atoms with Crippen LogP contribution < -0.4 is 16.0 Å². The van der Waals surface area contributed by atoms with Gasteiger partial charge in [-0.1, -0.05) is 6.92 Å². The molecule has 1 aliphatic carbocycles. The Balaban J connectivity index is 1.87. The number of aromatic nitrogens is 2. The van der Waals surface area contributed by atoms with Gasteiger partial charge in [0.1, 0.15) is 17.5 Å². The highest BCUT2D eigenvalue weighted by Gasteiger charge is 2.22. The number of rotatable bonds is 7. The molecule has 1 fully saturated rings. The molecule has 0 aromatic carbocycles. The smallest absolute Gasteiger partial charge is 0.239 e. The Morgan fingerprint density at radius 1 is 1.32 bits per heavy atom. The summed E-state index contributed by atoms with van der Waals surface area (Å²) in [5.74, 6) is 2.17. The monoisotopic (exact) mass is 263 g/mol. The number of nitrogens with one attached hydrogen (secondary N) is 3. The summed E-state index contributed by atoms with van der Waals surface area (Å²) in [6, 6.07) is 2.22. The van der Waals surface area contributed by atoms with Gasteiger partial charge in [0.25, 0.3) is 0 Å². The first kappa shape index (κ1) is 13.6. The Kier molecular flexibility index (Phi) is 4.54. The number of nitrogens with zero attached hydrogens (tertiary/aromatic N) is 2. The Morgan fingerprint density at radius 2 is 2.00 bits per heavy atom. The molecule has 1 saturated carbocycles. The van der Waals surface area contributed by atoms with E-state index in [1.165, 1.54) is 0 Å². The van der Waals surface area contributed by atoms with Crippen molar-refractivity contribution in [3.8, 4) is 0 Å². The van der Waals surface area contributed by atoms with Gasteiger partial charge in [0.15, 0.2) is 0 Å². The van der Waals surface area contributed by atoms with Crippen molar-refractivity contribution < 1.29 is 4.79 Å². The topological polar surface area (TPSA) is 78.9 Å². The first-order valence-corrected chi connectivity index (χ1v) is 6.80. The van der Waals surface area contributed by atoms with Gasteiger partial charge in [-0.3, -0.25) is 4.79 Å². The molecule has 1 amide bonds. The Hall–Kier alpha value is -1.85. The molecule has 6 heteroatoms. The van der Waals surface area contributed by atoms with E-state index in [-0.39, 0.29) is 12.5 Å². The normalized spacial score (nSPS) is 14.0. The first-order chi connectivity index (χ1) is 9.17. The van der Waals surface area contributed by atoms with Crippen molar-refractivity contribution in [2.45, 2.75) is 39.2 Å². The number of carbonyl (C=O) groups excluding carboxylic acids is 1. The summed E-state index contributed by atoms with van der Waals surface area (Å²) in [5, 5.41) is 9.17. The minimum atomic E-state index is 0.0156. The summed E-state index contributed by atoms with van der Waals surface area (Å²) in [6.45, 7) is 5.06. The van der Waals surface area contributed by atoms with Gasteiger partial charge in [-0.2, -0.15) is 0 Å². The van der Waals surface area contributed by atoms with E-state index in [4.69, 9.17) is 0 Å². The molecule has 0 aliphatic heterocycles. The molecule has 0 radical (unpaired) electrons. The Bertz CT molecular complexity index is 445. The largest absolute Gasteiger partial charge is 0.370 e. The van der Waals surface area contributed by atoms with E-state index in [2.05, 4.69) is 32.8 Å². The second kappa shape index (κ2) is 6.36. The molecule has 3 N–H and O–H groups in total. The maximum atomic E-state index is 11.6. The summed E-state index contributed by atoms with van der Waals surface area (Å²) in [6.07, 6.45) is 3.24. The highest BCUT2D eigenvalue weighted by atomic mass is 16.2. The number of hydrogen-bond donors (Lipinski definition) is 3. The molecule has 0 unspecified atom stereocenters. The molecular weight excluding hydrogens is 242 g/mol. The van der Waals surface area contributed by atoms with E-state index in [1.807, 2.05) is 13.0 Å². The summed E-state index contributed by atoms with van der Waals surface area (Å²) in [7, 11) is 0. The SMILES string of the molecule is CCCNc1cc(NCC(=O)NC2CC2)nc(C)n1. The van der Waals surface area contributed by atoms with E-state index < -0.39 is 0 Å². The summed E-state index contributed by atoms with van der Waals surface area (Å²) >= 11 is 0. The van der Waals surface area contributed by atoms with Gasteiger partial charge in [0.2, 0.25) is 5.91 Å². The van der Waals surface area contributed by atoms with Gasteiger partial charge >= 0.3 is 0 Å². The van der Waals surface area contributed by atoms with E-state index in [1.54, 1.807) is 0 Å². The van der Waals surface area contributed by atoms with Crippen LogP contribution in [0.25, 0.3) is 0 Å². The van der Waals surface area contributed by atoms with E-state index in [0.717, 1.165) is 31.6 Å². The first-order valence-electron chi connectivity index (χ1n) is 6.80. The van der Waals surface area contributed by atoms with Crippen molar-refractivity contribution in [1.82, 2.24) is 15.3 Å². The third kappa shape index (κ3) is 4.73. The van der Waals surface area contributed by atoms with Crippen LogP contribution in [0.15, 0.2) is 6.07 Å². The molecular formula is C13H21N5O. The van der Waals surface area contributed by atoms with Crippen molar-refractivity contribution in [3.05, 3.63) is 11.9 Å². The van der Waals surface area contributed by atoms with Crippen LogP contribution in [0.1, 0.15) is 32.0 Å². The summed E-state index contributed by atoms with van der Waals surface area (Å²) in [5.41, 5.74) is 0. The van der Waals surface area contributed by atoms with E-state index >= 15 is 0 Å². The minimum Gasteiger partial charge on any atom is -0.370 e. The third-order valence-corrected chi connectivity index (χ3v) is 2.77. The van der Waals surface area contributed by atoms with Crippen molar-refractivity contribution >= 4 is 17.5 Å². The van der Waals surface area contributed by atoms with Gasteiger partial charge in [0, 0.05) is 18.7 Å². The highest BCUT2D eigenvalue weighted by Crippen LogP contribution is 2.18. The van der Waals surface area contributed by atoms with Crippen molar-refractivity contribution in [2.24, 2.45) is 0 Å². The van der Waals surface area contributed by atoms with Crippen molar-refractivity contribution in [2.75, 3.05) is 23.7 Å². The molecule has 1 aliphatic rings. The van der Waals surface area contributed by atoms with Crippen LogP contribution in [0, 0.1) is 6.92 Å². The third-order valence-electron chi connectivity index (χ3n) is 2.77. The highest BCUT2D eigenvalue weighted by molar-refractivity contribution is 5.81. The fraction of sp³-hybridized carbons (Fsp3) is 0.615. The summed E-state index contributed by atoms with van der Waals surface area (Å²) in [4.78, 5) is 20.1. The van der Waals surface area contributed by atoms with Crippen LogP contribution in [0.3, 0.4) is 0 Å². The second-order valence-corrected chi connectivity index (χ2v) is 4.81. The lowest BCUT2D eigenvalue weighted by Gasteiger charge is -2.09. The van der Waals surface area contributed by atoms with Crippen molar-refractivity contribution in [1.29, 1.82) is 0 Å². The predicted octanol–water partition coefficient (Wildman–Crippen LogP) is 1.30. The minimum absolute atomic E-state index is 0.0156. The molecule has 1 heterocycles. The lowest BCUT2D eigenvalue weighted by molar-refractivity contribution is -0.119. The zero-order valence-corrected chi connectivity index (χ0v) is 11.5. The van der Waals surface area contributed by atoms with Gasteiger partial charge in [-0.25, -0.2) is 9.97 Å². The number of anilines is 2. The Labute approximate surface area is 113 Å². The zero-order valence-electron chi connectivity index (χ0n) is 11.5. The number of amides is 1. The van der Waals surface area contributed by atoms with Crippen LogP contribution in [0.2, 0.25) is 0 Å². The molecule has 6 nitrogen and oxygen atoms in total. The summed E-state index contributed by atoms with van der Waals surface area (Å²) < 4.78 is 0. The molecule has 2 rings (SSSR count). The molecule has 104 valence electrons. The van der Waals surface area contributed by atoms with Crippen LogP contribution >= 0.6 is 0 Å². The predicted molar refractivity (Wildman–Crippen MR) is 75.2 cm³/mol. The van der Waals surface area contributed by atoms with E-state index in [0.29, 0.717) is 17.7 Å². The van der Waals surface area contributed by atoms with E-state index in [9.17, 15) is 4.79 Å². The van der Waals surface area contributed by atoms with Crippen LogP contribution in [-0.4, -0.2) is 35.0 Å². The fourth-order valence-corrected chi connectivity index (χ4v) is 1.68. The van der Waals surface area contributed by atoms with Crippen molar-refractivity contribution in [3.63, 3.8) is 0 Å². The number of carbonyl (C=O) groups is 1. The number of aryl methyl sites for hydroxylation is 1. The lowest BCUT2D eigenvalue weighted by Crippen LogP contribution is -2.31. The maximum Gasteiger partial charge on any atom is 0.239 e.